The lowest BCUT2D eigenvalue weighted by atomic mass is 10.0. The van der Waals surface area contributed by atoms with Crippen molar-refractivity contribution in [3.63, 3.8) is 0 Å². The number of benzene rings is 2. The van der Waals surface area contributed by atoms with E-state index in [0.29, 0.717) is 11.3 Å². The predicted octanol–water partition coefficient (Wildman–Crippen LogP) is 3.23. The molecule has 4 aromatic rings. The molecular formula is C25H19BrFN5O3. The van der Waals surface area contributed by atoms with Crippen LogP contribution in [0.3, 0.4) is 0 Å². The van der Waals surface area contributed by atoms with Crippen LogP contribution >= 0.6 is 15.9 Å². The SMILES string of the molecule is NC(=O)C(=O)C(Cc1ccc(Br)cc1)NC(=O)c1cccnc1-n1ccc(-c2ccc(F)cc2)n1. The zero-order valence-electron chi connectivity index (χ0n) is 18.2. The lowest BCUT2D eigenvalue weighted by Crippen LogP contribution is -2.47. The van der Waals surface area contributed by atoms with Crippen molar-refractivity contribution in [2.24, 2.45) is 5.73 Å². The smallest absolute Gasteiger partial charge is 0.287 e. The number of Topliss-reactive ketones (excluding diaryl/α,β-unsaturated/α-hetero) is 1. The number of halogens is 2. The summed E-state index contributed by atoms with van der Waals surface area (Å²) < 4.78 is 15.5. The molecule has 0 aliphatic heterocycles. The zero-order valence-corrected chi connectivity index (χ0v) is 19.8. The molecule has 1 atom stereocenters. The third-order valence-corrected chi connectivity index (χ3v) is 5.72. The average Bonchev–Trinajstić information content (AvgIpc) is 3.35. The number of rotatable bonds is 8. The summed E-state index contributed by atoms with van der Waals surface area (Å²) in [6.45, 7) is 0. The summed E-state index contributed by atoms with van der Waals surface area (Å²) in [7, 11) is 0. The first-order valence-corrected chi connectivity index (χ1v) is 11.3. The first-order chi connectivity index (χ1) is 16.8. The molecule has 0 aliphatic carbocycles. The van der Waals surface area contributed by atoms with Gasteiger partial charge in [-0.1, -0.05) is 28.1 Å². The van der Waals surface area contributed by atoms with Gasteiger partial charge in [-0.15, -0.1) is 0 Å². The summed E-state index contributed by atoms with van der Waals surface area (Å²) in [6, 6.07) is 16.6. The molecule has 10 heteroatoms. The second-order valence-corrected chi connectivity index (χ2v) is 8.53. The highest BCUT2D eigenvalue weighted by Gasteiger charge is 2.27. The highest BCUT2D eigenvalue weighted by molar-refractivity contribution is 9.10. The normalized spacial score (nSPS) is 11.6. The topological polar surface area (TPSA) is 120 Å². The van der Waals surface area contributed by atoms with Crippen molar-refractivity contribution in [1.82, 2.24) is 20.1 Å². The Labute approximate surface area is 208 Å². The van der Waals surface area contributed by atoms with Crippen molar-refractivity contribution in [3.05, 3.63) is 101 Å². The van der Waals surface area contributed by atoms with E-state index in [1.165, 1.54) is 29.1 Å². The van der Waals surface area contributed by atoms with Crippen LogP contribution in [0.2, 0.25) is 0 Å². The minimum absolute atomic E-state index is 0.0763. The quantitative estimate of drug-likeness (QED) is 0.335. The van der Waals surface area contributed by atoms with Gasteiger partial charge < -0.3 is 11.1 Å². The molecule has 4 rings (SSSR count). The van der Waals surface area contributed by atoms with E-state index in [4.69, 9.17) is 5.73 Å². The van der Waals surface area contributed by atoms with Crippen LogP contribution in [0.5, 0.6) is 0 Å². The number of pyridine rings is 1. The molecule has 0 saturated carbocycles. The number of aromatic nitrogens is 3. The molecule has 0 saturated heterocycles. The summed E-state index contributed by atoms with van der Waals surface area (Å²) in [6.07, 6.45) is 3.19. The first-order valence-electron chi connectivity index (χ1n) is 10.5. The Kier molecular flexibility index (Phi) is 7.11. The Morgan fingerprint density at radius 3 is 2.43 bits per heavy atom. The standard InChI is InChI=1S/C25H19BrFN5O3/c26-17-7-3-15(4-8-17)14-21(22(33)23(28)34)30-25(35)19-2-1-12-29-24(19)32-13-11-20(31-32)16-5-9-18(27)10-6-16/h1-13,21H,14H2,(H2,28,34)(H,30,35). The van der Waals surface area contributed by atoms with Gasteiger partial charge in [0.25, 0.3) is 11.8 Å². The van der Waals surface area contributed by atoms with Crippen LogP contribution in [0.4, 0.5) is 4.39 Å². The van der Waals surface area contributed by atoms with Crippen molar-refractivity contribution in [3.8, 4) is 17.1 Å². The third-order valence-electron chi connectivity index (χ3n) is 5.20. The number of amides is 2. The fraction of sp³-hybridized carbons (Fsp3) is 0.0800. The predicted molar refractivity (Wildman–Crippen MR) is 130 cm³/mol. The molecular weight excluding hydrogens is 517 g/mol. The molecule has 0 aliphatic rings. The molecule has 2 aromatic carbocycles. The van der Waals surface area contributed by atoms with E-state index in [1.54, 1.807) is 54.7 Å². The number of primary amides is 1. The summed E-state index contributed by atoms with van der Waals surface area (Å²) in [5, 5.41) is 7.06. The molecule has 1 unspecified atom stereocenters. The van der Waals surface area contributed by atoms with Gasteiger partial charge in [0.2, 0.25) is 5.78 Å². The molecule has 8 nitrogen and oxygen atoms in total. The van der Waals surface area contributed by atoms with Crippen molar-refractivity contribution < 1.29 is 18.8 Å². The van der Waals surface area contributed by atoms with Crippen LogP contribution in [-0.4, -0.2) is 38.4 Å². The van der Waals surface area contributed by atoms with Gasteiger partial charge >= 0.3 is 0 Å². The maximum absolute atomic E-state index is 13.2. The molecule has 3 N–H and O–H groups in total. The van der Waals surface area contributed by atoms with Crippen LogP contribution < -0.4 is 11.1 Å². The number of ketones is 1. The van der Waals surface area contributed by atoms with E-state index >= 15 is 0 Å². The van der Waals surface area contributed by atoms with Gasteiger partial charge in [-0.05, 0) is 60.2 Å². The van der Waals surface area contributed by atoms with E-state index in [0.717, 1.165) is 10.0 Å². The van der Waals surface area contributed by atoms with Crippen molar-refractivity contribution in [1.29, 1.82) is 0 Å². The maximum atomic E-state index is 13.2. The fourth-order valence-corrected chi connectivity index (χ4v) is 3.71. The van der Waals surface area contributed by atoms with Gasteiger partial charge in [0.05, 0.1) is 11.3 Å². The van der Waals surface area contributed by atoms with E-state index in [9.17, 15) is 18.8 Å². The van der Waals surface area contributed by atoms with Crippen molar-refractivity contribution in [2.45, 2.75) is 12.5 Å². The average molecular weight is 536 g/mol. The molecule has 0 bridgehead atoms. The molecule has 0 radical (unpaired) electrons. The van der Waals surface area contributed by atoms with E-state index < -0.39 is 23.6 Å². The number of carbonyl (C=O) groups excluding carboxylic acids is 3. The Morgan fingerprint density at radius 1 is 1.03 bits per heavy atom. The lowest BCUT2D eigenvalue weighted by Gasteiger charge is -2.17. The second-order valence-electron chi connectivity index (χ2n) is 7.61. The molecule has 2 aromatic heterocycles. The molecule has 2 heterocycles. The van der Waals surface area contributed by atoms with E-state index in [2.05, 4.69) is 31.3 Å². The Bertz CT molecular complexity index is 1390. The summed E-state index contributed by atoms with van der Waals surface area (Å²) in [5.74, 6) is -2.82. The van der Waals surface area contributed by atoms with Gasteiger partial charge in [0.15, 0.2) is 5.82 Å². The van der Waals surface area contributed by atoms with E-state index in [1.807, 2.05) is 0 Å². The number of hydrogen-bond donors (Lipinski definition) is 2. The number of hydrogen-bond acceptors (Lipinski definition) is 5. The monoisotopic (exact) mass is 535 g/mol. The number of nitrogens with zero attached hydrogens (tertiary/aromatic N) is 3. The van der Waals surface area contributed by atoms with Gasteiger partial charge in [-0.25, -0.2) is 14.1 Å². The number of carbonyl (C=O) groups is 3. The van der Waals surface area contributed by atoms with Crippen molar-refractivity contribution in [2.75, 3.05) is 0 Å². The number of nitrogens with one attached hydrogen (secondary N) is 1. The number of nitrogens with two attached hydrogens (primary N) is 1. The highest BCUT2D eigenvalue weighted by atomic mass is 79.9. The Morgan fingerprint density at radius 2 is 1.74 bits per heavy atom. The molecule has 0 spiro atoms. The van der Waals surface area contributed by atoms with Crippen LogP contribution in [0.15, 0.2) is 83.6 Å². The van der Waals surface area contributed by atoms with Gasteiger partial charge in [-0.3, -0.25) is 14.4 Å². The summed E-state index contributed by atoms with van der Waals surface area (Å²) >= 11 is 3.34. The van der Waals surface area contributed by atoms with Gasteiger partial charge in [-0.2, -0.15) is 5.10 Å². The minimum atomic E-state index is -1.17. The minimum Gasteiger partial charge on any atom is -0.363 e. The zero-order chi connectivity index (χ0) is 24.9. The van der Waals surface area contributed by atoms with Crippen molar-refractivity contribution >= 4 is 33.5 Å². The van der Waals surface area contributed by atoms with Crippen LogP contribution in [0.25, 0.3) is 17.1 Å². The second kappa shape index (κ2) is 10.4. The van der Waals surface area contributed by atoms with Crippen LogP contribution in [-0.2, 0) is 16.0 Å². The fourth-order valence-electron chi connectivity index (χ4n) is 3.45. The molecule has 35 heavy (non-hydrogen) atoms. The lowest BCUT2D eigenvalue weighted by molar-refractivity contribution is -0.137. The van der Waals surface area contributed by atoms with Gasteiger partial charge in [0.1, 0.15) is 11.9 Å². The Balaban J connectivity index is 1.60. The largest absolute Gasteiger partial charge is 0.363 e. The van der Waals surface area contributed by atoms with Gasteiger partial charge in [0, 0.05) is 28.9 Å². The summed E-state index contributed by atoms with van der Waals surface area (Å²) in [5.41, 5.74) is 7.33. The first kappa shape index (κ1) is 24.0. The van der Waals surface area contributed by atoms with Crippen LogP contribution in [0.1, 0.15) is 15.9 Å². The Hall–Kier alpha value is -4.18. The highest BCUT2D eigenvalue weighted by Crippen LogP contribution is 2.20. The summed E-state index contributed by atoms with van der Waals surface area (Å²) in [4.78, 5) is 41.5. The third kappa shape index (κ3) is 5.67. The van der Waals surface area contributed by atoms with Crippen LogP contribution in [0, 0.1) is 5.82 Å². The van der Waals surface area contributed by atoms with E-state index in [-0.39, 0.29) is 23.6 Å². The maximum Gasteiger partial charge on any atom is 0.287 e. The molecule has 2 amide bonds. The molecule has 0 fully saturated rings. The molecule has 176 valence electrons.